The van der Waals surface area contributed by atoms with Crippen molar-refractivity contribution in [3.05, 3.63) is 53.5 Å². The molecule has 0 aliphatic heterocycles. The summed E-state index contributed by atoms with van der Waals surface area (Å²) in [5.74, 6) is 1.02. The Morgan fingerprint density at radius 1 is 1.22 bits per heavy atom. The van der Waals surface area contributed by atoms with E-state index in [-0.39, 0.29) is 12.5 Å². The van der Waals surface area contributed by atoms with E-state index in [1.165, 1.54) is 0 Å². The van der Waals surface area contributed by atoms with Gasteiger partial charge in [0.1, 0.15) is 17.1 Å². The number of aryl methyl sites for hydroxylation is 2. The standard InChI is InChI=1S/C17H19NO4S/c1-12-10-15(13(2)22-12)17(20)21-11-16(19)18-8-9-23-14-6-4-3-5-7-14/h3-7,10H,8-9,11H2,1-2H3,(H,18,19). The Kier molecular flexibility index (Phi) is 6.29. The topological polar surface area (TPSA) is 68.5 Å². The molecule has 1 N–H and O–H groups in total. The largest absolute Gasteiger partial charge is 0.466 e. The lowest BCUT2D eigenvalue weighted by Gasteiger charge is -2.06. The highest BCUT2D eigenvalue weighted by atomic mass is 32.2. The summed E-state index contributed by atoms with van der Waals surface area (Å²) in [5.41, 5.74) is 0.356. The molecule has 0 fully saturated rings. The van der Waals surface area contributed by atoms with Crippen molar-refractivity contribution in [3.63, 3.8) is 0 Å². The van der Waals surface area contributed by atoms with E-state index >= 15 is 0 Å². The molecule has 1 amide bonds. The summed E-state index contributed by atoms with van der Waals surface area (Å²) in [6.07, 6.45) is 0. The quantitative estimate of drug-likeness (QED) is 0.479. The first-order chi connectivity index (χ1) is 11.1. The molecule has 0 saturated carbocycles. The van der Waals surface area contributed by atoms with Crippen LogP contribution in [0.4, 0.5) is 0 Å². The third-order valence-corrected chi connectivity index (χ3v) is 4.05. The third-order valence-electron chi connectivity index (χ3n) is 3.03. The number of thioether (sulfide) groups is 1. The number of esters is 1. The Morgan fingerprint density at radius 2 is 1.96 bits per heavy atom. The normalized spacial score (nSPS) is 10.3. The Balaban J connectivity index is 1.65. The van der Waals surface area contributed by atoms with E-state index in [4.69, 9.17) is 9.15 Å². The lowest BCUT2D eigenvalue weighted by molar-refractivity contribution is -0.124. The first-order valence-electron chi connectivity index (χ1n) is 7.25. The van der Waals surface area contributed by atoms with E-state index in [1.54, 1.807) is 31.7 Å². The number of furan rings is 1. The fraction of sp³-hybridized carbons (Fsp3) is 0.294. The molecule has 0 saturated heterocycles. The molecule has 122 valence electrons. The van der Waals surface area contributed by atoms with Crippen LogP contribution < -0.4 is 5.32 Å². The van der Waals surface area contributed by atoms with Crippen molar-refractivity contribution in [2.24, 2.45) is 0 Å². The second kappa shape index (κ2) is 8.43. The Labute approximate surface area is 139 Å². The van der Waals surface area contributed by atoms with Crippen molar-refractivity contribution in [1.82, 2.24) is 5.32 Å². The second-order valence-corrected chi connectivity index (χ2v) is 6.08. The summed E-state index contributed by atoms with van der Waals surface area (Å²) < 4.78 is 10.2. The number of hydrogen-bond acceptors (Lipinski definition) is 5. The van der Waals surface area contributed by atoms with E-state index in [0.717, 1.165) is 10.6 Å². The van der Waals surface area contributed by atoms with Crippen molar-refractivity contribution < 1.29 is 18.7 Å². The second-order valence-electron chi connectivity index (χ2n) is 4.91. The Morgan fingerprint density at radius 3 is 2.61 bits per heavy atom. The average molecular weight is 333 g/mol. The molecule has 0 atom stereocenters. The number of rotatable bonds is 7. The summed E-state index contributed by atoms with van der Waals surface area (Å²) in [6, 6.07) is 11.5. The molecule has 0 radical (unpaired) electrons. The number of amides is 1. The molecule has 1 aromatic heterocycles. The SMILES string of the molecule is Cc1cc(C(=O)OCC(=O)NCCSc2ccccc2)c(C)o1. The molecule has 1 aromatic carbocycles. The van der Waals surface area contributed by atoms with Gasteiger partial charge in [-0.15, -0.1) is 11.8 Å². The molecule has 1 heterocycles. The summed E-state index contributed by atoms with van der Waals surface area (Å²) in [4.78, 5) is 24.6. The van der Waals surface area contributed by atoms with Gasteiger partial charge in [0.2, 0.25) is 0 Å². The van der Waals surface area contributed by atoms with Gasteiger partial charge in [-0.1, -0.05) is 18.2 Å². The highest BCUT2D eigenvalue weighted by molar-refractivity contribution is 7.99. The van der Waals surface area contributed by atoms with E-state index in [9.17, 15) is 9.59 Å². The van der Waals surface area contributed by atoms with Gasteiger partial charge >= 0.3 is 5.97 Å². The van der Waals surface area contributed by atoms with Crippen LogP contribution in [-0.4, -0.2) is 30.8 Å². The Hall–Kier alpha value is -2.21. The van der Waals surface area contributed by atoms with Crippen LogP contribution in [-0.2, 0) is 9.53 Å². The molecular weight excluding hydrogens is 314 g/mol. The van der Waals surface area contributed by atoms with Crippen molar-refractivity contribution in [2.75, 3.05) is 18.9 Å². The van der Waals surface area contributed by atoms with Crippen molar-refractivity contribution in [1.29, 1.82) is 0 Å². The minimum Gasteiger partial charge on any atom is -0.466 e. The molecule has 5 nitrogen and oxygen atoms in total. The van der Waals surface area contributed by atoms with Crippen LogP contribution in [0.15, 0.2) is 45.7 Å². The predicted octanol–water partition coefficient (Wildman–Crippen LogP) is 2.96. The number of carbonyl (C=O) groups is 2. The summed E-state index contributed by atoms with van der Waals surface area (Å²) in [5, 5.41) is 2.72. The summed E-state index contributed by atoms with van der Waals surface area (Å²) in [6.45, 7) is 3.66. The van der Waals surface area contributed by atoms with Gasteiger partial charge in [-0.05, 0) is 32.0 Å². The highest BCUT2D eigenvalue weighted by Crippen LogP contribution is 2.16. The van der Waals surface area contributed by atoms with Gasteiger partial charge in [0.15, 0.2) is 6.61 Å². The van der Waals surface area contributed by atoms with Crippen LogP contribution in [0.2, 0.25) is 0 Å². The van der Waals surface area contributed by atoms with E-state index in [2.05, 4.69) is 5.32 Å². The summed E-state index contributed by atoms with van der Waals surface area (Å²) >= 11 is 1.65. The first-order valence-corrected chi connectivity index (χ1v) is 8.23. The smallest absolute Gasteiger partial charge is 0.342 e. The molecule has 0 spiro atoms. The van der Waals surface area contributed by atoms with Gasteiger partial charge in [0, 0.05) is 17.2 Å². The maximum Gasteiger partial charge on any atom is 0.342 e. The van der Waals surface area contributed by atoms with Crippen LogP contribution in [0, 0.1) is 13.8 Å². The maximum atomic E-state index is 11.8. The Bertz CT molecular complexity index is 666. The number of carbonyl (C=O) groups excluding carboxylic acids is 2. The molecule has 0 aliphatic carbocycles. The van der Waals surface area contributed by atoms with Crippen LogP contribution in [0.1, 0.15) is 21.9 Å². The van der Waals surface area contributed by atoms with Gasteiger partial charge in [-0.2, -0.15) is 0 Å². The number of benzene rings is 1. The molecule has 2 aromatic rings. The fourth-order valence-corrected chi connectivity index (χ4v) is 2.76. The van der Waals surface area contributed by atoms with Crippen molar-refractivity contribution in [3.8, 4) is 0 Å². The van der Waals surface area contributed by atoms with Gasteiger partial charge in [0.25, 0.3) is 5.91 Å². The van der Waals surface area contributed by atoms with Gasteiger partial charge < -0.3 is 14.5 Å². The minimum atomic E-state index is -0.548. The number of hydrogen-bond donors (Lipinski definition) is 1. The zero-order chi connectivity index (χ0) is 16.7. The number of ether oxygens (including phenoxy) is 1. The molecule has 2 rings (SSSR count). The van der Waals surface area contributed by atoms with Gasteiger partial charge in [0.05, 0.1) is 0 Å². The van der Waals surface area contributed by atoms with Crippen LogP contribution in [0.25, 0.3) is 0 Å². The average Bonchev–Trinajstić information content (AvgIpc) is 2.89. The molecular formula is C17H19NO4S. The zero-order valence-corrected chi connectivity index (χ0v) is 13.9. The third kappa shape index (κ3) is 5.49. The van der Waals surface area contributed by atoms with Crippen LogP contribution in [0.5, 0.6) is 0 Å². The van der Waals surface area contributed by atoms with E-state index in [1.807, 2.05) is 30.3 Å². The van der Waals surface area contributed by atoms with E-state index < -0.39 is 5.97 Å². The van der Waals surface area contributed by atoms with Gasteiger partial charge in [-0.25, -0.2) is 4.79 Å². The lowest BCUT2D eigenvalue weighted by atomic mass is 10.2. The molecule has 0 unspecified atom stereocenters. The lowest BCUT2D eigenvalue weighted by Crippen LogP contribution is -2.30. The molecule has 0 aliphatic rings. The van der Waals surface area contributed by atoms with Crippen LogP contribution >= 0.6 is 11.8 Å². The van der Waals surface area contributed by atoms with Crippen molar-refractivity contribution in [2.45, 2.75) is 18.7 Å². The van der Waals surface area contributed by atoms with Crippen LogP contribution in [0.3, 0.4) is 0 Å². The number of nitrogens with one attached hydrogen (secondary N) is 1. The summed E-state index contributed by atoms with van der Waals surface area (Å²) in [7, 11) is 0. The van der Waals surface area contributed by atoms with Crippen molar-refractivity contribution >= 4 is 23.6 Å². The molecule has 23 heavy (non-hydrogen) atoms. The minimum absolute atomic E-state index is 0.293. The monoisotopic (exact) mass is 333 g/mol. The maximum absolute atomic E-state index is 11.8. The molecule has 6 heteroatoms. The first kappa shape index (κ1) is 17.1. The highest BCUT2D eigenvalue weighted by Gasteiger charge is 2.16. The predicted molar refractivity (Wildman–Crippen MR) is 88.6 cm³/mol. The fourth-order valence-electron chi connectivity index (χ4n) is 1.97. The van der Waals surface area contributed by atoms with Gasteiger partial charge in [-0.3, -0.25) is 4.79 Å². The molecule has 0 bridgehead atoms. The zero-order valence-electron chi connectivity index (χ0n) is 13.1. The van der Waals surface area contributed by atoms with E-state index in [0.29, 0.717) is 23.6 Å².